The van der Waals surface area contributed by atoms with Crippen LogP contribution in [0.5, 0.6) is 5.75 Å². The zero-order valence-corrected chi connectivity index (χ0v) is 11.5. The van der Waals surface area contributed by atoms with E-state index < -0.39 is 5.97 Å². The number of rotatable bonds is 6. The molecule has 0 fully saturated rings. The maximum absolute atomic E-state index is 11.7. The molecule has 0 aliphatic carbocycles. The van der Waals surface area contributed by atoms with Crippen LogP contribution >= 0.6 is 0 Å². The molecule has 0 radical (unpaired) electrons. The van der Waals surface area contributed by atoms with Crippen LogP contribution in [0.25, 0.3) is 0 Å². The number of carbonyl (C=O) groups is 2. The summed E-state index contributed by atoms with van der Waals surface area (Å²) in [7, 11) is 1.56. The summed E-state index contributed by atoms with van der Waals surface area (Å²) in [4.78, 5) is 23.5. The molecule has 0 unspecified atom stereocenters. The maximum atomic E-state index is 11.7. The summed E-state index contributed by atoms with van der Waals surface area (Å²) >= 11 is 0. The lowest BCUT2D eigenvalue weighted by atomic mass is 10.1. The van der Waals surface area contributed by atoms with Gasteiger partial charge in [0.25, 0.3) is 5.91 Å². The van der Waals surface area contributed by atoms with Crippen molar-refractivity contribution >= 4 is 11.9 Å². The molecule has 5 heteroatoms. The topological polar surface area (TPSA) is 66.8 Å². The molecule has 19 heavy (non-hydrogen) atoms. The van der Waals surface area contributed by atoms with Crippen LogP contribution in [0.15, 0.2) is 18.2 Å². The largest absolute Gasteiger partial charge is 0.484 e. The third kappa shape index (κ3) is 4.99. The molecule has 0 spiro atoms. The summed E-state index contributed by atoms with van der Waals surface area (Å²) in [5, 5.41) is 8.54. The number of ether oxygens (including phenoxy) is 1. The number of hydrogen-bond acceptors (Lipinski definition) is 3. The molecule has 0 atom stereocenters. The normalized spacial score (nSPS) is 10.1. The van der Waals surface area contributed by atoms with Crippen molar-refractivity contribution in [1.82, 2.24) is 4.90 Å². The van der Waals surface area contributed by atoms with Gasteiger partial charge in [-0.1, -0.05) is 6.07 Å². The van der Waals surface area contributed by atoms with Gasteiger partial charge in [0.2, 0.25) is 0 Å². The number of benzene rings is 1. The van der Waals surface area contributed by atoms with Crippen molar-refractivity contribution in [2.75, 3.05) is 20.2 Å². The van der Waals surface area contributed by atoms with E-state index in [1.807, 2.05) is 32.0 Å². The van der Waals surface area contributed by atoms with Gasteiger partial charge in [0, 0.05) is 13.6 Å². The van der Waals surface area contributed by atoms with Crippen molar-refractivity contribution in [2.45, 2.75) is 20.3 Å². The van der Waals surface area contributed by atoms with Gasteiger partial charge in [-0.15, -0.1) is 0 Å². The predicted octanol–water partition coefficient (Wildman–Crippen LogP) is 1.62. The Morgan fingerprint density at radius 3 is 2.53 bits per heavy atom. The molecule has 1 aromatic rings. The number of carboxylic acid groups (broad SMARTS) is 1. The number of carbonyl (C=O) groups excluding carboxylic acids is 1. The van der Waals surface area contributed by atoms with E-state index in [-0.39, 0.29) is 25.5 Å². The van der Waals surface area contributed by atoms with Gasteiger partial charge < -0.3 is 14.7 Å². The van der Waals surface area contributed by atoms with Gasteiger partial charge >= 0.3 is 5.97 Å². The van der Waals surface area contributed by atoms with Gasteiger partial charge in [-0.05, 0) is 37.1 Å². The van der Waals surface area contributed by atoms with Crippen LogP contribution in [-0.2, 0) is 9.59 Å². The SMILES string of the molecule is Cc1ccc(OCC(=O)N(C)CCC(=O)O)cc1C. The van der Waals surface area contributed by atoms with E-state index >= 15 is 0 Å². The molecular formula is C14H19NO4. The van der Waals surface area contributed by atoms with Gasteiger partial charge in [0.05, 0.1) is 6.42 Å². The fraction of sp³-hybridized carbons (Fsp3) is 0.429. The molecule has 0 aliphatic rings. The molecule has 0 aliphatic heterocycles. The Bertz CT molecular complexity index is 471. The lowest BCUT2D eigenvalue weighted by Gasteiger charge is -2.16. The molecule has 0 saturated heterocycles. The van der Waals surface area contributed by atoms with Crippen molar-refractivity contribution in [2.24, 2.45) is 0 Å². The van der Waals surface area contributed by atoms with Crippen LogP contribution in [0.2, 0.25) is 0 Å². The highest BCUT2D eigenvalue weighted by Gasteiger charge is 2.11. The number of amides is 1. The number of aryl methyl sites for hydroxylation is 2. The summed E-state index contributed by atoms with van der Waals surface area (Å²) in [6.07, 6.45) is -0.0636. The molecule has 1 aromatic carbocycles. The van der Waals surface area contributed by atoms with E-state index in [2.05, 4.69) is 0 Å². The number of hydrogen-bond donors (Lipinski definition) is 1. The first-order valence-corrected chi connectivity index (χ1v) is 6.06. The minimum Gasteiger partial charge on any atom is -0.484 e. The van der Waals surface area contributed by atoms with E-state index in [0.29, 0.717) is 5.75 Å². The molecule has 104 valence electrons. The van der Waals surface area contributed by atoms with Crippen molar-refractivity contribution in [1.29, 1.82) is 0 Å². The molecule has 0 saturated carbocycles. The Kier molecular flexibility index (Phi) is 5.36. The van der Waals surface area contributed by atoms with Crippen molar-refractivity contribution in [3.8, 4) is 5.75 Å². The summed E-state index contributed by atoms with van der Waals surface area (Å²) in [6, 6.07) is 5.62. The number of likely N-dealkylation sites (N-methyl/N-ethyl adjacent to an activating group) is 1. The van der Waals surface area contributed by atoms with Crippen LogP contribution in [0.4, 0.5) is 0 Å². The molecule has 0 heterocycles. The quantitative estimate of drug-likeness (QED) is 0.848. The van der Waals surface area contributed by atoms with E-state index in [9.17, 15) is 9.59 Å². The van der Waals surface area contributed by atoms with Gasteiger partial charge in [-0.3, -0.25) is 9.59 Å². The van der Waals surface area contributed by atoms with Crippen molar-refractivity contribution < 1.29 is 19.4 Å². The fourth-order valence-corrected chi connectivity index (χ4v) is 1.45. The highest BCUT2D eigenvalue weighted by molar-refractivity contribution is 5.78. The monoisotopic (exact) mass is 265 g/mol. The molecule has 0 bridgehead atoms. The first kappa shape index (κ1) is 15.0. The Morgan fingerprint density at radius 2 is 1.95 bits per heavy atom. The summed E-state index contributed by atoms with van der Waals surface area (Å²) in [5.41, 5.74) is 2.27. The zero-order valence-electron chi connectivity index (χ0n) is 11.5. The number of carboxylic acids is 1. The lowest BCUT2D eigenvalue weighted by Crippen LogP contribution is -2.33. The number of aliphatic carboxylic acids is 1. The minimum absolute atomic E-state index is 0.0636. The van der Waals surface area contributed by atoms with Gasteiger partial charge in [-0.25, -0.2) is 0 Å². The van der Waals surface area contributed by atoms with Crippen LogP contribution < -0.4 is 4.74 Å². The predicted molar refractivity (Wildman–Crippen MR) is 71.3 cm³/mol. The van der Waals surface area contributed by atoms with Crippen molar-refractivity contribution in [3.63, 3.8) is 0 Å². The summed E-state index contributed by atoms with van der Waals surface area (Å²) in [5.74, 6) is -0.516. The van der Waals surface area contributed by atoms with Gasteiger partial charge in [0.15, 0.2) is 6.61 Å². The second-order valence-corrected chi connectivity index (χ2v) is 4.49. The molecule has 1 rings (SSSR count). The Hall–Kier alpha value is -2.04. The second-order valence-electron chi connectivity index (χ2n) is 4.49. The third-order valence-corrected chi connectivity index (χ3v) is 2.93. The second kappa shape index (κ2) is 6.78. The molecule has 5 nitrogen and oxygen atoms in total. The smallest absolute Gasteiger partial charge is 0.305 e. The Labute approximate surface area is 112 Å². The first-order valence-electron chi connectivity index (χ1n) is 6.06. The molecule has 1 amide bonds. The maximum Gasteiger partial charge on any atom is 0.305 e. The minimum atomic E-state index is -0.922. The van der Waals surface area contributed by atoms with E-state index in [0.717, 1.165) is 11.1 Å². The lowest BCUT2D eigenvalue weighted by molar-refractivity contribution is -0.138. The van der Waals surface area contributed by atoms with E-state index in [1.54, 1.807) is 7.05 Å². The Balaban J connectivity index is 2.44. The van der Waals surface area contributed by atoms with Crippen LogP contribution in [0, 0.1) is 13.8 Å². The summed E-state index contributed by atoms with van der Waals surface area (Å²) < 4.78 is 5.39. The third-order valence-electron chi connectivity index (χ3n) is 2.93. The Morgan fingerprint density at radius 1 is 1.26 bits per heavy atom. The van der Waals surface area contributed by atoms with Crippen LogP contribution in [-0.4, -0.2) is 42.1 Å². The van der Waals surface area contributed by atoms with E-state index in [1.165, 1.54) is 4.90 Å². The number of nitrogens with zero attached hydrogens (tertiary/aromatic N) is 1. The fourth-order valence-electron chi connectivity index (χ4n) is 1.45. The van der Waals surface area contributed by atoms with Crippen molar-refractivity contribution in [3.05, 3.63) is 29.3 Å². The zero-order chi connectivity index (χ0) is 14.4. The highest BCUT2D eigenvalue weighted by atomic mass is 16.5. The van der Waals surface area contributed by atoms with Crippen LogP contribution in [0.1, 0.15) is 17.5 Å². The van der Waals surface area contributed by atoms with Gasteiger partial charge in [0.1, 0.15) is 5.75 Å². The summed E-state index contributed by atoms with van der Waals surface area (Å²) in [6.45, 7) is 4.08. The average molecular weight is 265 g/mol. The molecule has 1 N–H and O–H groups in total. The molecule has 0 aromatic heterocycles. The first-order chi connectivity index (χ1) is 8.90. The van der Waals surface area contributed by atoms with E-state index in [4.69, 9.17) is 9.84 Å². The highest BCUT2D eigenvalue weighted by Crippen LogP contribution is 2.16. The van der Waals surface area contributed by atoms with Crippen LogP contribution in [0.3, 0.4) is 0 Å². The standard InChI is InChI=1S/C14H19NO4/c1-10-4-5-12(8-11(10)2)19-9-13(16)15(3)7-6-14(17)18/h4-5,8H,6-7,9H2,1-3H3,(H,17,18). The average Bonchev–Trinajstić information content (AvgIpc) is 2.36. The van der Waals surface area contributed by atoms with Gasteiger partial charge in [-0.2, -0.15) is 0 Å². The molecular weight excluding hydrogens is 246 g/mol.